The second-order valence-corrected chi connectivity index (χ2v) is 4.90. The van der Waals surface area contributed by atoms with Gasteiger partial charge in [0.05, 0.1) is 0 Å². The number of carbonyl (C=O) groups is 1. The average molecular weight is 226 g/mol. The van der Waals surface area contributed by atoms with Crippen LogP contribution in [0.2, 0.25) is 0 Å². The molecule has 1 fully saturated rings. The molecule has 1 saturated carbocycles. The molecule has 0 aromatic rings. The fourth-order valence-electron chi connectivity index (χ4n) is 2.58. The van der Waals surface area contributed by atoms with Gasteiger partial charge in [-0.2, -0.15) is 0 Å². The van der Waals surface area contributed by atoms with E-state index in [-0.39, 0.29) is 11.8 Å². The van der Waals surface area contributed by atoms with Gasteiger partial charge in [-0.05, 0) is 38.6 Å². The zero-order valence-electron chi connectivity index (χ0n) is 10.7. The van der Waals surface area contributed by atoms with E-state index in [4.69, 9.17) is 0 Å². The van der Waals surface area contributed by atoms with Crippen LogP contribution in [0.3, 0.4) is 0 Å². The molecule has 1 rings (SSSR count). The first-order valence-corrected chi connectivity index (χ1v) is 6.70. The predicted octanol–water partition coefficient (Wildman–Crippen LogP) is 1.93. The Morgan fingerprint density at radius 2 is 1.88 bits per heavy atom. The minimum atomic E-state index is 0.269. The highest BCUT2D eigenvalue weighted by atomic mass is 16.1. The number of hydrogen-bond donors (Lipinski definition) is 2. The van der Waals surface area contributed by atoms with Gasteiger partial charge in [-0.1, -0.05) is 19.8 Å². The third kappa shape index (κ3) is 4.52. The van der Waals surface area contributed by atoms with E-state index in [0.29, 0.717) is 0 Å². The Hall–Kier alpha value is -0.570. The van der Waals surface area contributed by atoms with E-state index in [9.17, 15) is 4.79 Å². The van der Waals surface area contributed by atoms with Crippen molar-refractivity contribution in [2.24, 2.45) is 11.8 Å². The summed E-state index contributed by atoms with van der Waals surface area (Å²) in [7, 11) is 1.90. The lowest BCUT2D eigenvalue weighted by Crippen LogP contribution is -2.36. The number of rotatable bonds is 6. The van der Waals surface area contributed by atoms with E-state index in [1.165, 1.54) is 25.7 Å². The van der Waals surface area contributed by atoms with Crippen LogP contribution >= 0.6 is 0 Å². The Kier molecular flexibility index (Phi) is 6.46. The summed E-state index contributed by atoms with van der Waals surface area (Å²) in [5, 5.41) is 6.03. The van der Waals surface area contributed by atoms with Crippen LogP contribution in [0.25, 0.3) is 0 Å². The maximum absolute atomic E-state index is 11.8. The Balaban J connectivity index is 2.17. The van der Waals surface area contributed by atoms with Gasteiger partial charge in [0.15, 0.2) is 0 Å². The Bertz CT molecular complexity index is 198. The molecular weight excluding hydrogens is 200 g/mol. The van der Waals surface area contributed by atoms with E-state index in [0.717, 1.165) is 31.8 Å². The maximum Gasteiger partial charge on any atom is 0.223 e. The summed E-state index contributed by atoms with van der Waals surface area (Å²) in [5.74, 6) is 1.43. The molecule has 3 heteroatoms. The van der Waals surface area contributed by atoms with Crippen molar-refractivity contribution in [2.75, 3.05) is 20.1 Å². The summed E-state index contributed by atoms with van der Waals surface area (Å²) in [4.78, 5) is 11.8. The smallest absolute Gasteiger partial charge is 0.223 e. The van der Waals surface area contributed by atoms with Crippen molar-refractivity contribution in [1.29, 1.82) is 0 Å². The minimum absolute atomic E-state index is 0.269. The largest absolute Gasteiger partial charge is 0.355 e. The van der Waals surface area contributed by atoms with Crippen LogP contribution in [0, 0.1) is 11.8 Å². The molecule has 0 aromatic heterocycles. The SMILES string of the molecule is CCCC1CCC(C(=O)NCCNC)CC1. The lowest BCUT2D eigenvalue weighted by molar-refractivity contribution is -0.126. The van der Waals surface area contributed by atoms with Crippen molar-refractivity contribution >= 4 is 5.91 Å². The molecule has 0 heterocycles. The highest BCUT2D eigenvalue weighted by Crippen LogP contribution is 2.31. The summed E-state index contributed by atoms with van der Waals surface area (Å²) < 4.78 is 0. The minimum Gasteiger partial charge on any atom is -0.355 e. The molecule has 0 atom stereocenters. The summed E-state index contributed by atoms with van der Waals surface area (Å²) in [6, 6.07) is 0. The molecule has 1 aliphatic carbocycles. The predicted molar refractivity (Wildman–Crippen MR) is 67.3 cm³/mol. The molecule has 2 N–H and O–H groups in total. The molecule has 0 unspecified atom stereocenters. The third-order valence-corrected chi connectivity index (χ3v) is 3.59. The second-order valence-electron chi connectivity index (χ2n) is 4.90. The molecule has 1 aliphatic rings. The molecule has 0 aromatic carbocycles. The molecular formula is C13H26N2O. The van der Waals surface area contributed by atoms with Crippen LogP contribution in [0.4, 0.5) is 0 Å². The van der Waals surface area contributed by atoms with Gasteiger partial charge < -0.3 is 10.6 Å². The Labute approximate surface area is 99.4 Å². The van der Waals surface area contributed by atoms with Gasteiger partial charge >= 0.3 is 0 Å². The van der Waals surface area contributed by atoms with Crippen molar-refractivity contribution in [3.05, 3.63) is 0 Å². The monoisotopic (exact) mass is 226 g/mol. The quantitative estimate of drug-likeness (QED) is 0.679. The standard InChI is InChI=1S/C13H26N2O/c1-3-4-11-5-7-12(8-6-11)13(16)15-10-9-14-2/h11-12,14H,3-10H2,1-2H3,(H,15,16). The van der Waals surface area contributed by atoms with Gasteiger partial charge in [0.1, 0.15) is 0 Å². The number of likely N-dealkylation sites (N-methyl/N-ethyl adjacent to an activating group) is 1. The van der Waals surface area contributed by atoms with Crippen LogP contribution in [0.1, 0.15) is 45.4 Å². The average Bonchev–Trinajstić information content (AvgIpc) is 2.30. The van der Waals surface area contributed by atoms with E-state index in [2.05, 4.69) is 17.6 Å². The first kappa shape index (κ1) is 13.5. The van der Waals surface area contributed by atoms with E-state index in [1.807, 2.05) is 7.05 Å². The number of carbonyl (C=O) groups excluding carboxylic acids is 1. The lowest BCUT2D eigenvalue weighted by Gasteiger charge is -2.27. The van der Waals surface area contributed by atoms with Crippen LogP contribution in [0.5, 0.6) is 0 Å². The van der Waals surface area contributed by atoms with Gasteiger partial charge in [-0.25, -0.2) is 0 Å². The highest BCUT2D eigenvalue weighted by molar-refractivity contribution is 5.78. The molecule has 16 heavy (non-hydrogen) atoms. The molecule has 3 nitrogen and oxygen atoms in total. The van der Waals surface area contributed by atoms with Crippen molar-refractivity contribution < 1.29 is 4.79 Å². The van der Waals surface area contributed by atoms with Crippen molar-refractivity contribution in [2.45, 2.75) is 45.4 Å². The first-order valence-electron chi connectivity index (χ1n) is 6.70. The maximum atomic E-state index is 11.8. The first-order chi connectivity index (χ1) is 7.77. The van der Waals surface area contributed by atoms with Gasteiger partial charge in [-0.3, -0.25) is 4.79 Å². The molecule has 0 bridgehead atoms. The molecule has 0 aliphatic heterocycles. The van der Waals surface area contributed by atoms with Crippen LogP contribution in [-0.2, 0) is 4.79 Å². The number of nitrogens with one attached hydrogen (secondary N) is 2. The fourth-order valence-corrected chi connectivity index (χ4v) is 2.58. The van der Waals surface area contributed by atoms with E-state index < -0.39 is 0 Å². The molecule has 0 spiro atoms. The second kappa shape index (κ2) is 7.66. The fraction of sp³-hybridized carbons (Fsp3) is 0.923. The van der Waals surface area contributed by atoms with Crippen molar-refractivity contribution in [1.82, 2.24) is 10.6 Å². The van der Waals surface area contributed by atoms with Crippen LogP contribution in [0.15, 0.2) is 0 Å². The van der Waals surface area contributed by atoms with Gasteiger partial charge in [0.2, 0.25) is 5.91 Å². The molecule has 0 saturated heterocycles. The number of hydrogen-bond acceptors (Lipinski definition) is 2. The normalized spacial score (nSPS) is 25.4. The summed E-state index contributed by atoms with van der Waals surface area (Å²) in [6.07, 6.45) is 7.31. The zero-order valence-corrected chi connectivity index (χ0v) is 10.7. The van der Waals surface area contributed by atoms with Gasteiger partial charge in [0.25, 0.3) is 0 Å². The van der Waals surface area contributed by atoms with Gasteiger partial charge in [0, 0.05) is 19.0 Å². The van der Waals surface area contributed by atoms with Crippen LogP contribution < -0.4 is 10.6 Å². The van der Waals surface area contributed by atoms with Crippen molar-refractivity contribution in [3.63, 3.8) is 0 Å². The summed E-state index contributed by atoms with van der Waals surface area (Å²) in [6.45, 7) is 3.86. The topological polar surface area (TPSA) is 41.1 Å². The highest BCUT2D eigenvalue weighted by Gasteiger charge is 2.25. The Morgan fingerprint density at radius 1 is 1.19 bits per heavy atom. The van der Waals surface area contributed by atoms with Crippen molar-refractivity contribution in [3.8, 4) is 0 Å². The number of amides is 1. The lowest BCUT2D eigenvalue weighted by atomic mass is 9.80. The Morgan fingerprint density at radius 3 is 2.44 bits per heavy atom. The van der Waals surface area contributed by atoms with E-state index in [1.54, 1.807) is 0 Å². The summed E-state index contributed by atoms with van der Waals surface area (Å²) in [5.41, 5.74) is 0. The molecule has 1 amide bonds. The third-order valence-electron chi connectivity index (χ3n) is 3.59. The summed E-state index contributed by atoms with van der Waals surface area (Å²) >= 11 is 0. The molecule has 94 valence electrons. The zero-order chi connectivity index (χ0) is 11.8. The van der Waals surface area contributed by atoms with Crippen LogP contribution in [-0.4, -0.2) is 26.0 Å². The van der Waals surface area contributed by atoms with E-state index >= 15 is 0 Å². The van der Waals surface area contributed by atoms with Gasteiger partial charge in [-0.15, -0.1) is 0 Å². The molecule has 0 radical (unpaired) electrons.